The molecule has 0 bridgehead atoms. The van der Waals surface area contributed by atoms with Gasteiger partial charge in [-0.1, -0.05) is 30.3 Å². The molecule has 0 radical (unpaired) electrons. The third-order valence-corrected chi connectivity index (χ3v) is 3.08. The molecule has 1 aliphatic rings. The van der Waals surface area contributed by atoms with Crippen LogP contribution < -0.4 is 0 Å². The van der Waals surface area contributed by atoms with Crippen molar-refractivity contribution in [1.82, 2.24) is 5.06 Å². The third-order valence-electron chi connectivity index (χ3n) is 3.08. The number of hydrogen-bond donors (Lipinski definition) is 1. The lowest BCUT2D eigenvalue weighted by atomic mass is 10.2. The minimum absolute atomic E-state index is 0.186. The van der Waals surface area contributed by atoms with Crippen molar-refractivity contribution in [3.8, 4) is 0 Å². The van der Waals surface area contributed by atoms with Crippen molar-refractivity contribution in [2.24, 2.45) is 0 Å². The predicted octanol–water partition coefficient (Wildman–Crippen LogP) is 1.21. The summed E-state index contributed by atoms with van der Waals surface area (Å²) in [4.78, 5) is 27.7. The molecule has 1 saturated heterocycles. The minimum atomic E-state index is -0.930. The molecule has 1 aromatic carbocycles. The summed E-state index contributed by atoms with van der Waals surface area (Å²) in [5.41, 5.74) is 0.894. The van der Waals surface area contributed by atoms with Crippen LogP contribution in [0.4, 0.5) is 0 Å². The van der Waals surface area contributed by atoms with E-state index < -0.39 is 18.0 Å². The van der Waals surface area contributed by atoms with Gasteiger partial charge in [-0.05, 0) is 18.4 Å². The van der Waals surface area contributed by atoms with E-state index in [0.717, 1.165) is 12.0 Å². The second-order valence-corrected chi connectivity index (χ2v) is 4.56. The van der Waals surface area contributed by atoms with Gasteiger partial charge in [-0.25, -0.2) is 4.79 Å². The average molecular weight is 279 g/mol. The first-order valence-corrected chi connectivity index (χ1v) is 6.49. The van der Waals surface area contributed by atoms with Gasteiger partial charge in [0.05, 0.1) is 0 Å². The molecular formula is C14H17NO5. The molecule has 6 nitrogen and oxygen atoms in total. The molecule has 1 atom stereocenters. The molecule has 1 N–H and O–H groups in total. The second-order valence-electron chi connectivity index (χ2n) is 4.56. The fraction of sp³-hybridized carbons (Fsp3) is 0.429. The smallest absolute Gasteiger partial charge is 0.334 e. The van der Waals surface area contributed by atoms with Gasteiger partial charge in [-0.2, -0.15) is 5.06 Å². The van der Waals surface area contributed by atoms with E-state index in [1.54, 1.807) is 0 Å². The summed E-state index contributed by atoms with van der Waals surface area (Å²) in [5.74, 6) is -1.44. The van der Waals surface area contributed by atoms with Crippen LogP contribution in [0.1, 0.15) is 18.4 Å². The molecule has 108 valence electrons. The van der Waals surface area contributed by atoms with Crippen molar-refractivity contribution >= 4 is 11.9 Å². The van der Waals surface area contributed by atoms with E-state index in [2.05, 4.69) is 0 Å². The minimum Gasteiger partial charge on any atom is -0.480 e. The Kier molecular flexibility index (Phi) is 5.09. The zero-order chi connectivity index (χ0) is 14.4. The number of carbonyl (C=O) groups excluding carboxylic acids is 1. The zero-order valence-corrected chi connectivity index (χ0v) is 11.0. The number of carboxylic acid groups (broad SMARTS) is 1. The Morgan fingerprint density at radius 1 is 1.30 bits per heavy atom. The molecule has 0 aromatic heterocycles. The zero-order valence-electron chi connectivity index (χ0n) is 11.0. The van der Waals surface area contributed by atoms with E-state index in [-0.39, 0.29) is 13.2 Å². The van der Waals surface area contributed by atoms with Gasteiger partial charge in [0.15, 0.2) is 6.61 Å². The monoisotopic (exact) mass is 279 g/mol. The number of hydroxylamine groups is 2. The number of aliphatic carboxylic acids is 1. The van der Waals surface area contributed by atoms with Crippen LogP contribution in [0.3, 0.4) is 0 Å². The van der Waals surface area contributed by atoms with E-state index in [0.29, 0.717) is 13.0 Å². The molecule has 0 saturated carbocycles. The Balaban J connectivity index is 1.71. The number of esters is 1. The standard InChI is InChI=1S/C14H17NO5/c16-13(19-9-11-5-2-1-3-6-11)10-20-15-8-4-7-12(15)14(17)18/h1-3,5-6,12H,4,7-10H2,(H,17,18)/t12-/m0/s1. The molecule has 1 heterocycles. The molecule has 0 amide bonds. The molecule has 0 aliphatic carbocycles. The molecule has 0 spiro atoms. The summed E-state index contributed by atoms with van der Waals surface area (Å²) in [7, 11) is 0. The number of rotatable bonds is 6. The first-order chi connectivity index (χ1) is 9.66. The maximum absolute atomic E-state index is 11.5. The largest absolute Gasteiger partial charge is 0.480 e. The normalized spacial score (nSPS) is 18.9. The van der Waals surface area contributed by atoms with Crippen LogP contribution in [-0.4, -0.2) is 41.3 Å². The lowest BCUT2D eigenvalue weighted by Crippen LogP contribution is -2.37. The van der Waals surface area contributed by atoms with Crippen molar-refractivity contribution in [2.45, 2.75) is 25.5 Å². The van der Waals surface area contributed by atoms with E-state index in [9.17, 15) is 9.59 Å². The number of ether oxygens (including phenoxy) is 1. The van der Waals surface area contributed by atoms with Crippen LogP contribution in [0, 0.1) is 0 Å². The van der Waals surface area contributed by atoms with E-state index in [4.69, 9.17) is 14.7 Å². The molecular weight excluding hydrogens is 262 g/mol. The average Bonchev–Trinajstić information content (AvgIpc) is 2.92. The summed E-state index contributed by atoms with van der Waals surface area (Å²) in [6, 6.07) is 8.65. The Hall–Kier alpha value is -1.92. The van der Waals surface area contributed by atoms with Gasteiger partial charge in [0.2, 0.25) is 0 Å². The number of carbonyl (C=O) groups is 2. The topological polar surface area (TPSA) is 76.1 Å². The molecule has 1 aliphatic heterocycles. The van der Waals surface area contributed by atoms with Gasteiger partial charge in [0.1, 0.15) is 12.6 Å². The number of hydrogen-bond acceptors (Lipinski definition) is 5. The van der Waals surface area contributed by atoms with Crippen LogP contribution in [0.2, 0.25) is 0 Å². The van der Waals surface area contributed by atoms with Crippen LogP contribution >= 0.6 is 0 Å². The highest BCUT2D eigenvalue weighted by Gasteiger charge is 2.31. The summed E-state index contributed by atoms with van der Waals surface area (Å²) < 4.78 is 5.05. The van der Waals surface area contributed by atoms with Crippen molar-refractivity contribution in [1.29, 1.82) is 0 Å². The molecule has 0 unspecified atom stereocenters. The lowest BCUT2D eigenvalue weighted by Gasteiger charge is -2.19. The Morgan fingerprint density at radius 3 is 2.75 bits per heavy atom. The highest BCUT2D eigenvalue weighted by Crippen LogP contribution is 2.17. The summed E-state index contributed by atoms with van der Waals surface area (Å²) in [5, 5.41) is 10.3. The molecule has 1 fully saturated rings. The summed E-state index contributed by atoms with van der Waals surface area (Å²) >= 11 is 0. The summed E-state index contributed by atoms with van der Waals surface area (Å²) in [6.07, 6.45) is 1.28. The molecule has 1 aromatic rings. The van der Waals surface area contributed by atoms with E-state index >= 15 is 0 Å². The van der Waals surface area contributed by atoms with Crippen LogP contribution in [0.15, 0.2) is 30.3 Å². The van der Waals surface area contributed by atoms with Gasteiger partial charge >= 0.3 is 11.9 Å². The fourth-order valence-electron chi connectivity index (χ4n) is 2.06. The van der Waals surface area contributed by atoms with Crippen molar-refractivity contribution in [3.63, 3.8) is 0 Å². The molecule has 20 heavy (non-hydrogen) atoms. The number of benzene rings is 1. The predicted molar refractivity (Wildman–Crippen MR) is 69.6 cm³/mol. The highest BCUT2D eigenvalue weighted by atomic mass is 16.7. The van der Waals surface area contributed by atoms with Crippen LogP contribution in [0.5, 0.6) is 0 Å². The maximum Gasteiger partial charge on any atom is 0.334 e. The van der Waals surface area contributed by atoms with Crippen molar-refractivity contribution in [2.75, 3.05) is 13.2 Å². The van der Waals surface area contributed by atoms with Crippen molar-refractivity contribution in [3.05, 3.63) is 35.9 Å². The molecule has 6 heteroatoms. The highest BCUT2D eigenvalue weighted by molar-refractivity contribution is 5.73. The van der Waals surface area contributed by atoms with Gasteiger partial charge in [-0.3, -0.25) is 9.63 Å². The SMILES string of the molecule is O=C(CON1CCC[C@H]1C(=O)O)OCc1ccccc1. The molecule has 2 rings (SSSR count). The Bertz CT molecular complexity index is 462. The Labute approximate surface area is 116 Å². The van der Waals surface area contributed by atoms with E-state index in [1.165, 1.54) is 5.06 Å². The van der Waals surface area contributed by atoms with Gasteiger partial charge in [0, 0.05) is 6.54 Å². The van der Waals surface area contributed by atoms with Gasteiger partial charge in [-0.15, -0.1) is 0 Å². The quantitative estimate of drug-likeness (QED) is 0.789. The van der Waals surface area contributed by atoms with Crippen LogP contribution in [-0.2, 0) is 25.8 Å². The first-order valence-electron chi connectivity index (χ1n) is 6.49. The number of carboxylic acids is 1. The maximum atomic E-state index is 11.5. The lowest BCUT2D eigenvalue weighted by molar-refractivity contribution is -0.198. The summed E-state index contributed by atoms with van der Waals surface area (Å²) in [6.45, 7) is 0.435. The fourth-order valence-corrected chi connectivity index (χ4v) is 2.06. The van der Waals surface area contributed by atoms with Gasteiger partial charge in [0.25, 0.3) is 0 Å². The van der Waals surface area contributed by atoms with Crippen LogP contribution in [0.25, 0.3) is 0 Å². The van der Waals surface area contributed by atoms with Gasteiger partial charge < -0.3 is 9.84 Å². The van der Waals surface area contributed by atoms with Crippen molar-refractivity contribution < 1.29 is 24.3 Å². The van der Waals surface area contributed by atoms with E-state index in [1.807, 2.05) is 30.3 Å². The Morgan fingerprint density at radius 2 is 2.05 bits per heavy atom. The first kappa shape index (κ1) is 14.5. The third kappa shape index (κ3) is 4.04. The number of nitrogens with zero attached hydrogens (tertiary/aromatic N) is 1. The second kappa shape index (κ2) is 7.02.